The van der Waals surface area contributed by atoms with E-state index in [4.69, 9.17) is 24.3 Å². The molecule has 0 unspecified atom stereocenters. The van der Waals surface area contributed by atoms with Gasteiger partial charge in [-0.2, -0.15) is 4.98 Å². The molecule has 44 heavy (non-hydrogen) atoms. The van der Waals surface area contributed by atoms with E-state index in [0.717, 1.165) is 41.7 Å². The SMILES string of the molecule is Cn1c(=O)n(-c2ccc(OCc3ccccc3)nc2OCc2ccccc2)c2cccc(N3CCC[C@@H](OCC(=O)O)C3)c21. The maximum absolute atomic E-state index is 13.9. The number of aryl methyl sites for hydroxylation is 1. The molecule has 0 spiro atoms. The number of carbonyl (C=O) groups is 1. The van der Waals surface area contributed by atoms with Gasteiger partial charge in [-0.3, -0.25) is 9.13 Å². The van der Waals surface area contributed by atoms with Crippen molar-refractivity contribution in [3.63, 3.8) is 0 Å². The number of piperidine rings is 1. The van der Waals surface area contributed by atoms with Crippen LogP contribution in [-0.4, -0.2) is 51.0 Å². The Kier molecular flexibility index (Phi) is 8.60. The Hall–Kier alpha value is -5.09. The van der Waals surface area contributed by atoms with E-state index in [0.29, 0.717) is 30.2 Å². The molecule has 0 bridgehead atoms. The van der Waals surface area contributed by atoms with Crippen molar-refractivity contribution in [2.75, 3.05) is 24.6 Å². The summed E-state index contributed by atoms with van der Waals surface area (Å²) < 4.78 is 21.1. The topological polar surface area (TPSA) is 108 Å². The maximum Gasteiger partial charge on any atom is 0.333 e. The highest BCUT2D eigenvalue weighted by atomic mass is 16.5. The Morgan fingerprint density at radius 3 is 2.30 bits per heavy atom. The van der Waals surface area contributed by atoms with E-state index in [2.05, 4.69) is 4.90 Å². The zero-order chi connectivity index (χ0) is 30.5. The summed E-state index contributed by atoms with van der Waals surface area (Å²) in [5.74, 6) is -0.325. The van der Waals surface area contributed by atoms with Gasteiger partial charge in [0.1, 0.15) is 25.5 Å². The summed E-state index contributed by atoms with van der Waals surface area (Å²) in [7, 11) is 1.75. The molecule has 0 amide bonds. The van der Waals surface area contributed by atoms with Gasteiger partial charge in [-0.05, 0) is 42.2 Å². The fourth-order valence-corrected chi connectivity index (χ4v) is 5.59. The molecule has 2 aromatic heterocycles. The second kappa shape index (κ2) is 13.0. The lowest BCUT2D eigenvalue weighted by atomic mass is 10.1. The Labute approximate surface area is 254 Å². The Bertz CT molecular complexity index is 1800. The molecule has 1 aliphatic rings. The van der Waals surface area contributed by atoms with Gasteiger partial charge in [0.25, 0.3) is 0 Å². The van der Waals surface area contributed by atoms with Gasteiger partial charge in [0.2, 0.25) is 11.8 Å². The molecular formula is C34H34N4O6. The lowest BCUT2D eigenvalue weighted by Gasteiger charge is -2.34. The van der Waals surface area contributed by atoms with E-state index in [1.807, 2.05) is 78.9 Å². The molecule has 10 nitrogen and oxygen atoms in total. The molecular weight excluding hydrogens is 560 g/mol. The smallest absolute Gasteiger partial charge is 0.333 e. The first-order valence-corrected chi connectivity index (χ1v) is 14.6. The van der Waals surface area contributed by atoms with E-state index < -0.39 is 5.97 Å². The van der Waals surface area contributed by atoms with Crippen molar-refractivity contribution in [3.8, 4) is 17.4 Å². The summed E-state index contributed by atoms with van der Waals surface area (Å²) >= 11 is 0. The first-order chi connectivity index (χ1) is 21.5. The summed E-state index contributed by atoms with van der Waals surface area (Å²) in [5, 5.41) is 9.07. The first-order valence-electron chi connectivity index (χ1n) is 14.6. The van der Waals surface area contributed by atoms with Crippen molar-refractivity contribution in [2.45, 2.75) is 32.2 Å². The number of rotatable bonds is 11. The van der Waals surface area contributed by atoms with E-state index >= 15 is 0 Å². The molecule has 1 atom stereocenters. The highest BCUT2D eigenvalue weighted by Crippen LogP contribution is 2.33. The number of hydrogen-bond acceptors (Lipinski definition) is 7. The van der Waals surface area contributed by atoms with Crippen LogP contribution < -0.4 is 20.1 Å². The van der Waals surface area contributed by atoms with Gasteiger partial charge >= 0.3 is 11.7 Å². The van der Waals surface area contributed by atoms with Gasteiger partial charge in [-0.25, -0.2) is 9.59 Å². The second-order valence-electron chi connectivity index (χ2n) is 10.8. The largest absolute Gasteiger partial charge is 0.480 e. The van der Waals surface area contributed by atoms with E-state index in [9.17, 15) is 9.59 Å². The predicted octanol–water partition coefficient (Wildman–Crippen LogP) is 4.95. The molecule has 6 rings (SSSR count). The van der Waals surface area contributed by atoms with Crippen molar-refractivity contribution in [3.05, 3.63) is 113 Å². The van der Waals surface area contributed by atoms with Crippen LogP contribution in [-0.2, 0) is 29.8 Å². The van der Waals surface area contributed by atoms with Crippen molar-refractivity contribution < 1.29 is 24.1 Å². The minimum absolute atomic E-state index is 0.208. The van der Waals surface area contributed by atoms with E-state index in [-0.39, 0.29) is 30.9 Å². The number of carboxylic acid groups (broad SMARTS) is 1. The minimum Gasteiger partial charge on any atom is -0.480 e. The third-order valence-corrected chi connectivity index (χ3v) is 7.71. The lowest BCUT2D eigenvalue weighted by molar-refractivity contribution is -0.144. The molecule has 1 saturated heterocycles. The average molecular weight is 595 g/mol. The monoisotopic (exact) mass is 594 g/mol. The number of pyridine rings is 1. The highest BCUT2D eigenvalue weighted by Gasteiger charge is 2.26. The van der Waals surface area contributed by atoms with Gasteiger partial charge < -0.3 is 24.2 Å². The number of aliphatic carboxylic acids is 1. The van der Waals surface area contributed by atoms with Crippen LogP contribution in [0.4, 0.5) is 5.69 Å². The number of hydrogen-bond donors (Lipinski definition) is 1. The van der Waals surface area contributed by atoms with Crippen molar-refractivity contribution >= 4 is 22.7 Å². The number of ether oxygens (including phenoxy) is 3. The third kappa shape index (κ3) is 6.30. The molecule has 1 N–H and O–H groups in total. The molecule has 0 radical (unpaired) electrons. The number of anilines is 1. The molecule has 3 heterocycles. The zero-order valence-electron chi connectivity index (χ0n) is 24.5. The number of para-hydroxylation sites is 1. The van der Waals surface area contributed by atoms with Crippen LogP contribution in [0.2, 0.25) is 0 Å². The first kappa shape index (κ1) is 29.0. The molecule has 0 saturated carbocycles. The van der Waals surface area contributed by atoms with Crippen LogP contribution in [0.5, 0.6) is 11.8 Å². The van der Waals surface area contributed by atoms with Gasteiger partial charge in [0.15, 0.2) is 0 Å². The van der Waals surface area contributed by atoms with Crippen LogP contribution in [0.1, 0.15) is 24.0 Å². The fraction of sp³-hybridized carbons (Fsp3) is 0.265. The molecule has 10 heteroatoms. The maximum atomic E-state index is 13.9. The van der Waals surface area contributed by atoms with Crippen molar-refractivity contribution in [2.24, 2.45) is 7.05 Å². The lowest BCUT2D eigenvalue weighted by Crippen LogP contribution is -2.40. The molecule has 3 aromatic carbocycles. The summed E-state index contributed by atoms with van der Waals surface area (Å²) in [6, 6.07) is 29.0. The molecule has 0 aliphatic carbocycles. The van der Waals surface area contributed by atoms with Crippen LogP contribution in [0.15, 0.2) is 95.8 Å². The Morgan fingerprint density at radius 1 is 0.886 bits per heavy atom. The summed E-state index contributed by atoms with van der Waals surface area (Å²) in [4.78, 5) is 31.8. The van der Waals surface area contributed by atoms with E-state index in [1.165, 1.54) is 0 Å². The summed E-state index contributed by atoms with van der Waals surface area (Å²) in [6.45, 7) is 1.58. The molecule has 226 valence electrons. The Morgan fingerprint density at radius 2 is 1.59 bits per heavy atom. The zero-order valence-corrected chi connectivity index (χ0v) is 24.5. The molecule has 1 aliphatic heterocycles. The van der Waals surface area contributed by atoms with Gasteiger partial charge in [-0.15, -0.1) is 0 Å². The number of nitrogens with zero attached hydrogens (tertiary/aromatic N) is 4. The molecule has 1 fully saturated rings. The van der Waals surface area contributed by atoms with E-state index in [1.54, 1.807) is 28.3 Å². The second-order valence-corrected chi connectivity index (χ2v) is 10.8. The number of benzene rings is 3. The van der Waals surface area contributed by atoms with Crippen molar-refractivity contribution in [1.82, 2.24) is 14.1 Å². The fourth-order valence-electron chi connectivity index (χ4n) is 5.59. The number of imidazole rings is 1. The molecule has 5 aromatic rings. The number of aromatic nitrogens is 3. The quantitative estimate of drug-likeness (QED) is 0.229. The number of fused-ring (bicyclic) bond motifs is 1. The van der Waals surface area contributed by atoms with Crippen molar-refractivity contribution in [1.29, 1.82) is 0 Å². The van der Waals surface area contributed by atoms with Crippen LogP contribution in [0, 0.1) is 0 Å². The van der Waals surface area contributed by atoms with Gasteiger partial charge in [0.05, 0.1) is 22.8 Å². The number of carboxylic acids is 1. The third-order valence-electron chi connectivity index (χ3n) is 7.71. The summed E-state index contributed by atoms with van der Waals surface area (Å²) in [6.07, 6.45) is 1.42. The average Bonchev–Trinajstić information content (AvgIpc) is 3.32. The van der Waals surface area contributed by atoms with Gasteiger partial charge in [0, 0.05) is 26.2 Å². The van der Waals surface area contributed by atoms with Gasteiger partial charge in [-0.1, -0.05) is 66.7 Å². The Balaban J connectivity index is 1.37. The predicted molar refractivity (Wildman–Crippen MR) is 167 cm³/mol. The normalized spacial score (nSPS) is 14.9. The van der Waals surface area contributed by atoms with Crippen LogP contribution >= 0.6 is 0 Å². The van der Waals surface area contributed by atoms with Crippen LogP contribution in [0.25, 0.3) is 16.7 Å². The summed E-state index contributed by atoms with van der Waals surface area (Å²) in [5.41, 5.74) is 4.58. The standard InChI is InChI=1S/C34H34N4O6/c1-36-32-27(37-19-9-14-26(20-37)42-23-31(39)40)15-8-16-28(32)38(34(36)41)29-17-18-30(43-21-24-10-4-2-5-11-24)35-33(29)44-22-25-12-6-3-7-13-25/h2-8,10-13,15-18,26H,9,14,19-23H2,1H3,(H,39,40)/t26-/m1/s1. The highest BCUT2D eigenvalue weighted by molar-refractivity contribution is 5.91. The van der Waals surface area contributed by atoms with Crippen LogP contribution in [0.3, 0.4) is 0 Å². The minimum atomic E-state index is -0.987.